The fourth-order valence-electron chi connectivity index (χ4n) is 5.01. The van der Waals surface area contributed by atoms with Gasteiger partial charge in [-0.25, -0.2) is 9.18 Å². The number of hydrogen-bond acceptors (Lipinski definition) is 4. The molecular formula is C26H25F4N5O3. The van der Waals surface area contributed by atoms with Gasteiger partial charge < -0.3 is 20.0 Å². The number of anilines is 1. The maximum Gasteiger partial charge on any atom is 0.416 e. The first-order valence-corrected chi connectivity index (χ1v) is 12.0. The first-order valence-electron chi connectivity index (χ1n) is 12.0. The Morgan fingerprint density at radius 3 is 2.37 bits per heavy atom. The van der Waals surface area contributed by atoms with Crippen LogP contribution in [0, 0.1) is 5.82 Å². The zero-order valence-corrected chi connectivity index (χ0v) is 20.5. The molecule has 1 fully saturated rings. The summed E-state index contributed by atoms with van der Waals surface area (Å²) in [6.07, 6.45) is -4.44. The first-order chi connectivity index (χ1) is 18.0. The van der Waals surface area contributed by atoms with E-state index in [1.54, 1.807) is 15.9 Å². The van der Waals surface area contributed by atoms with Gasteiger partial charge in [-0.05, 0) is 35.9 Å². The van der Waals surface area contributed by atoms with E-state index in [1.807, 2.05) is 0 Å². The summed E-state index contributed by atoms with van der Waals surface area (Å²) in [5.41, 5.74) is 1.07. The lowest BCUT2D eigenvalue weighted by Gasteiger charge is -2.37. The molecule has 3 aliphatic rings. The van der Waals surface area contributed by atoms with Crippen molar-refractivity contribution in [3.05, 3.63) is 76.7 Å². The van der Waals surface area contributed by atoms with Crippen molar-refractivity contribution in [2.24, 2.45) is 0 Å². The SMILES string of the molecule is CN1C(=O)NC(c2ccc(F)cc2)C2=C1CN(CC(=O)N1CCN(c3cccc(C(F)(F)F)c3)CC1)C2=O. The molecular weight excluding hydrogens is 506 g/mol. The average molecular weight is 532 g/mol. The smallest absolute Gasteiger partial charge is 0.368 e. The topological polar surface area (TPSA) is 76.2 Å². The predicted octanol–water partition coefficient (Wildman–Crippen LogP) is 2.99. The molecule has 1 unspecified atom stereocenters. The first kappa shape index (κ1) is 25.6. The number of carbonyl (C=O) groups is 3. The number of nitrogens with zero attached hydrogens (tertiary/aromatic N) is 4. The van der Waals surface area contributed by atoms with Crippen LogP contribution in [0.5, 0.6) is 0 Å². The molecule has 3 aliphatic heterocycles. The number of nitrogens with one attached hydrogen (secondary N) is 1. The highest BCUT2D eigenvalue weighted by molar-refractivity contribution is 6.03. The molecule has 1 saturated heterocycles. The van der Waals surface area contributed by atoms with E-state index in [-0.39, 0.29) is 19.0 Å². The maximum absolute atomic E-state index is 13.4. The number of benzene rings is 2. The van der Waals surface area contributed by atoms with E-state index in [1.165, 1.54) is 47.2 Å². The highest BCUT2D eigenvalue weighted by Crippen LogP contribution is 2.36. The van der Waals surface area contributed by atoms with E-state index in [2.05, 4.69) is 5.32 Å². The molecule has 38 heavy (non-hydrogen) atoms. The van der Waals surface area contributed by atoms with Crippen LogP contribution in [0.25, 0.3) is 0 Å². The Morgan fingerprint density at radius 2 is 1.71 bits per heavy atom. The second-order valence-electron chi connectivity index (χ2n) is 9.43. The summed E-state index contributed by atoms with van der Waals surface area (Å²) in [7, 11) is 1.54. The molecule has 4 amide bonds. The summed E-state index contributed by atoms with van der Waals surface area (Å²) in [6.45, 7) is 1.16. The molecule has 8 nitrogen and oxygen atoms in total. The van der Waals surface area contributed by atoms with E-state index in [0.717, 1.165) is 12.1 Å². The molecule has 3 heterocycles. The normalized spacial score (nSPS) is 20.2. The molecule has 0 spiro atoms. The highest BCUT2D eigenvalue weighted by atomic mass is 19.4. The minimum atomic E-state index is -4.44. The van der Waals surface area contributed by atoms with Crippen molar-refractivity contribution < 1.29 is 31.9 Å². The zero-order chi connectivity index (χ0) is 27.2. The van der Waals surface area contributed by atoms with Gasteiger partial charge >= 0.3 is 12.2 Å². The van der Waals surface area contributed by atoms with Crippen molar-refractivity contribution >= 4 is 23.5 Å². The van der Waals surface area contributed by atoms with Gasteiger partial charge in [0.25, 0.3) is 5.91 Å². The molecule has 0 aromatic heterocycles. The third-order valence-electron chi connectivity index (χ3n) is 7.14. The summed E-state index contributed by atoms with van der Waals surface area (Å²) in [6, 6.07) is 9.41. The van der Waals surface area contributed by atoms with Gasteiger partial charge in [-0.3, -0.25) is 14.5 Å². The standard InChI is InChI=1S/C26H25F4N5O3/c1-32-20-14-35(24(37)22(20)23(31-25(32)38)16-5-7-18(27)8-6-16)15-21(36)34-11-9-33(10-12-34)19-4-2-3-17(13-19)26(28,29)30/h2-8,13,23H,9-12,14-15H2,1H3,(H,31,38). The number of halogens is 4. The lowest BCUT2D eigenvalue weighted by Crippen LogP contribution is -2.51. The summed E-state index contributed by atoms with van der Waals surface area (Å²) in [5, 5.41) is 2.76. The van der Waals surface area contributed by atoms with Gasteiger partial charge in [0, 0.05) is 38.9 Å². The summed E-state index contributed by atoms with van der Waals surface area (Å²) in [5.74, 6) is -1.13. The van der Waals surface area contributed by atoms with E-state index in [4.69, 9.17) is 0 Å². The van der Waals surface area contributed by atoms with Gasteiger partial charge in [0.1, 0.15) is 12.4 Å². The molecule has 5 rings (SSSR count). The van der Waals surface area contributed by atoms with Crippen molar-refractivity contribution in [2.45, 2.75) is 12.2 Å². The highest BCUT2D eigenvalue weighted by Gasteiger charge is 2.43. The van der Waals surface area contributed by atoms with Crippen LogP contribution in [0.15, 0.2) is 59.8 Å². The second kappa shape index (κ2) is 9.66. The van der Waals surface area contributed by atoms with Crippen molar-refractivity contribution in [1.29, 1.82) is 0 Å². The fourth-order valence-corrected chi connectivity index (χ4v) is 5.01. The van der Waals surface area contributed by atoms with Crippen LogP contribution in [-0.4, -0.2) is 78.9 Å². The Kier molecular flexibility index (Phi) is 6.49. The predicted molar refractivity (Wildman–Crippen MR) is 129 cm³/mol. The number of rotatable bonds is 4. The van der Waals surface area contributed by atoms with E-state index >= 15 is 0 Å². The van der Waals surface area contributed by atoms with Gasteiger partial charge in [-0.2, -0.15) is 13.2 Å². The quantitative estimate of drug-likeness (QED) is 0.616. The monoisotopic (exact) mass is 531 g/mol. The van der Waals surface area contributed by atoms with Crippen LogP contribution in [0.1, 0.15) is 17.2 Å². The Balaban J connectivity index is 1.24. The lowest BCUT2D eigenvalue weighted by atomic mass is 9.96. The van der Waals surface area contributed by atoms with Crippen LogP contribution >= 0.6 is 0 Å². The fraction of sp³-hybridized carbons (Fsp3) is 0.346. The van der Waals surface area contributed by atoms with Crippen molar-refractivity contribution in [2.75, 3.05) is 51.2 Å². The number of likely N-dealkylation sites (N-methyl/N-ethyl adjacent to an activating group) is 1. The lowest BCUT2D eigenvalue weighted by molar-refractivity contribution is -0.137. The second-order valence-corrected chi connectivity index (χ2v) is 9.43. The molecule has 200 valence electrons. The van der Waals surface area contributed by atoms with Gasteiger partial charge in [-0.15, -0.1) is 0 Å². The van der Waals surface area contributed by atoms with Gasteiger partial charge in [0.2, 0.25) is 5.91 Å². The molecule has 0 saturated carbocycles. The zero-order valence-electron chi connectivity index (χ0n) is 20.5. The number of urea groups is 1. The van der Waals surface area contributed by atoms with Crippen LogP contribution in [0.2, 0.25) is 0 Å². The third-order valence-corrected chi connectivity index (χ3v) is 7.14. The van der Waals surface area contributed by atoms with E-state index in [9.17, 15) is 31.9 Å². The minimum Gasteiger partial charge on any atom is -0.368 e. The largest absolute Gasteiger partial charge is 0.416 e. The van der Waals surface area contributed by atoms with Gasteiger partial charge in [0.05, 0.1) is 29.4 Å². The van der Waals surface area contributed by atoms with Crippen LogP contribution < -0.4 is 10.2 Å². The van der Waals surface area contributed by atoms with Crippen LogP contribution in [-0.2, 0) is 15.8 Å². The number of carbonyl (C=O) groups excluding carboxylic acids is 3. The molecule has 2 aromatic rings. The molecule has 0 bridgehead atoms. The van der Waals surface area contributed by atoms with Crippen LogP contribution in [0.3, 0.4) is 0 Å². The Hall–Kier alpha value is -4.09. The van der Waals surface area contributed by atoms with Crippen molar-refractivity contribution in [1.82, 2.24) is 20.0 Å². The molecule has 1 N–H and O–H groups in total. The average Bonchev–Trinajstić information content (AvgIpc) is 3.22. The third kappa shape index (κ3) is 4.77. The summed E-state index contributed by atoms with van der Waals surface area (Å²) in [4.78, 5) is 45.0. The van der Waals surface area contributed by atoms with Gasteiger partial charge in [0.15, 0.2) is 0 Å². The molecule has 12 heteroatoms. The number of piperazine rings is 1. The van der Waals surface area contributed by atoms with Crippen molar-refractivity contribution in [3.63, 3.8) is 0 Å². The molecule has 2 aromatic carbocycles. The number of amides is 4. The number of hydrogen-bond donors (Lipinski definition) is 1. The molecule has 0 aliphatic carbocycles. The Labute approximate surface area is 216 Å². The Morgan fingerprint density at radius 1 is 1.03 bits per heavy atom. The maximum atomic E-state index is 13.4. The summed E-state index contributed by atoms with van der Waals surface area (Å²) >= 11 is 0. The van der Waals surface area contributed by atoms with E-state index < -0.39 is 35.5 Å². The van der Waals surface area contributed by atoms with E-state index in [0.29, 0.717) is 48.7 Å². The van der Waals surface area contributed by atoms with Crippen LogP contribution in [0.4, 0.5) is 28.0 Å². The summed E-state index contributed by atoms with van der Waals surface area (Å²) < 4.78 is 52.7. The minimum absolute atomic E-state index is 0.0751. The van der Waals surface area contributed by atoms with Crippen molar-refractivity contribution in [3.8, 4) is 0 Å². The number of alkyl halides is 3. The molecule has 1 atom stereocenters. The van der Waals surface area contributed by atoms with Gasteiger partial charge in [-0.1, -0.05) is 18.2 Å². The molecule has 0 radical (unpaired) electrons. The Bertz CT molecular complexity index is 1300.